The van der Waals surface area contributed by atoms with Crippen molar-refractivity contribution >= 4 is 0 Å². The van der Waals surface area contributed by atoms with Crippen molar-refractivity contribution < 1.29 is 0 Å². The first kappa shape index (κ1) is 27.0. The van der Waals surface area contributed by atoms with Crippen LogP contribution in [0.3, 0.4) is 0 Å². The number of aromatic nitrogens is 4. The Morgan fingerprint density at radius 1 is 0.575 bits per heavy atom. The molecule has 2 aromatic heterocycles. The first-order valence-electron chi connectivity index (χ1n) is 15.2. The second kappa shape index (κ2) is 11.7. The van der Waals surface area contributed by atoms with Crippen LogP contribution < -0.4 is 10.6 Å². The zero-order valence-electron chi connectivity index (χ0n) is 24.2. The van der Waals surface area contributed by atoms with Crippen molar-refractivity contribution in [2.75, 3.05) is 13.1 Å². The molecule has 0 bridgehead atoms. The molecular weight excluding hydrogens is 492 g/mol. The number of imidazole rings is 2. The number of rotatable bonds is 11. The SMILES string of the molecule is CC1(CNCc2ncc(-c3ccc(-c4ccc(-c5cnc(CNCC6(C)CCCC6)[nH]5)cc4)cc3)[nH]2)CCCC1. The number of hydrogen-bond donors (Lipinski definition) is 4. The van der Waals surface area contributed by atoms with Gasteiger partial charge in [-0.15, -0.1) is 0 Å². The molecule has 6 heteroatoms. The Morgan fingerprint density at radius 3 is 1.30 bits per heavy atom. The summed E-state index contributed by atoms with van der Waals surface area (Å²) in [4.78, 5) is 16.2. The summed E-state index contributed by atoms with van der Waals surface area (Å²) >= 11 is 0. The predicted octanol–water partition coefficient (Wildman–Crippen LogP) is 7.47. The maximum absolute atomic E-state index is 4.61. The van der Waals surface area contributed by atoms with Crippen LogP contribution in [0, 0.1) is 10.8 Å². The molecule has 4 N–H and O–H groups in total. The van der Waals surface area contributed by atoms with Gasteiger partial charge >= 0.3 is 0 Å². The maximum atomic E-state index is 4.61. The van der Waals surface area contributed by atoms with E-state index in [-0.39, 0.29) is 0 Å². The first-order chi connectivity index (χ1) is 19.5. The predicted molar refractivity (Wildman–Crippen MR) is 164 cm³/mol. The van der Waals surface area contributed by atoms with Gasteiger partial charge in [0.2, 0.25) is 0 Å². The molecule has 0 spiro atoms. The molecule has 2 fully saturated rings. The highest BCUT2D eigenvalue weighted by Gasteiger charge is 2.28. The van der Waals surface area contributed by atoms with E-state index >= 15 is 0 Å². The molecule has 40 heavy (non-hydrogen) atoms. The molecule has 2 aromatic carbocycles. The number of nitrogens with one attached hydrogen (secondary N) is 4. The summed E-state index contributed by atoms with van der Waals surface area (Å²) in [6.45, 7) is 8.50. The third kappa shape index (κ3) is 6.39. The zero-order valence-corrected chi connectivity index (χ0v) is 24.2. The fraction of sp³-hybridized carbons (Fsp3) is 0.471. The summed E-state index contributed by atoms with van der Waals surface area (Å²) in [5, 5.41) is 7.23. The smallest absolute Gasteiger partial charge is 0.120 e. The minimum absolute atomic E-state index is 0.454. The molecule has 0 atom stereocenters. The van der Waals surface area contributed by atoms with Crippen LogP contribution in [-0.2, 0) is 13.1 Å². The van der Waals surface area contributed by atoms with Gasteiger partial charge in [0.05, 0.1) is 36.9 Å². The lowest BCUT2D eigenvalue weighted by atomic mass is 9.89. The standard InChI is InChI=1S/C34H44N6/c1-33(15-3-4-16-33)23-35-21-31-37-19-29(39-31)27-11-7-25(8-12-27)26-9-13-28(14-10-26)30-20-38-32(40-30)22-36-24-34(2)17-5-6-18-34/h7-14,19-20,35-36H,3-6,15-18,21-24H2,1-2H3,(H,37,39)(H,38,40). The van der Waals surface area contributed by atoms with Crippen LogP contribution in [0.2, 0.25) is 0 Å². The third-order valence-corrected chi connectivity index (χ3v) is 9.29. The van der Waals surface area contributed by atoms with Crippen LogP contribution in [0.4, 0.5) is 0 Å². The lowest BCUT2D eigenvalue weighted by Gasteiger charge is -2.23. The monoisotopic (exact) mass is 536 g/mol. The van der Waals surface area contributed by atoms with Crippen LogP contribution >= 0.6 is 0 Å². The summed E-state index contributed by atoms with van der Waals surface area (Å²) in [6, 6.07) is 17.5. The van der Waals surface area contributed by atoms with Crippen molar-refractivity contribution in [2.24, 2.45) is 10.8 Å². The Bertz CT molecular complexity index is 1260. The van der Waals surface area contributed by atoms with Crippen LogP contribution in [0.1, 0.15) is 76.9 Å². The quantitative estimate of drug-likeness (QED) is 0.160. The molecule has 2 heterocycles. The van der Waals surface area contributed by atoms with E-state index in [4.69, 9.17) is 0 Å². The summed E-state index contributed by atoms with van der Waals surface area (Å²) in [7, 11) is 0. The van der Waals surface area contributed by atoms with Crippen molar-refractivity contribution in [3.63, 3.8) is 0 Å². The van der Waals surface area contributed by atoms with Gasteiger partial charge in [0.15, 0.2) is 0 Å². The van der Waals surface area contributed by atoms with Gasteiger partial charge in [0, 0.05) is 13.1 Å². The molecule has 2 aliphatic rings. The average Bonchev–Trinajstić information content (AvgIpc) is 3.78. The molecule has 2 aliphatic carbocycles. The summed E-state index contributed by atoms with van der Waals surface area (Å²) in [5.41, 5.74) is 7.75. The largest absolute Gasteiger partial charge is 0.341 e. The highest BCUT2D eigenvalue weighted by molar-refractivity contribution is 5.71. The van der Waals surface area contributed by atoms with Crippen LogP contribution in [0.5, 0.6) is 0 Å². The van der Waals surface area contributed by atoms with Crippen LogP contribution in [0.25, 0.3) is 33.6 Å². The molecule has 0 unspecified atom stereocenters. The van der Waals surface area contributed by atoms with Crippen LogP contribution in [-0.4, -0.2) is 33.0 Å². The van der Waals surface area contributed by atoms with E-state index in [1.165, 1.54) is 62.5 Å². The first-order valence-corrected chi connectivity index (χ1v) is 15.2. The molecule has 0 aliphatic heterocycles. The highest BCUT2D eigenvalue weighted by atomic mass is 15.0. The fourth-order valence-electron chi connectivity index (χ4n) is 6.66. The van der Waals surface area contributed by atoms with Gasteiger partial charge in [-0.05, 0) is 58.8 Å². The molecule has 210 valence electrons. The average molecular weight is 537 g/mol. The number of nitrogens with zero attached hydrogens (tertiary/aromatic N) is 2. The van der Waals surface area contributed by atoms with Crippen molar-refractivity contribution in [3.8, 4) is 33.6 Å². The van der Waals surface area contributed by atoms with Crippen LogP contribution in [0.15, 0.2) is 60.9 Å². The molecule has 0 radical (unpaired) electrons. The number of benzene rings is 2. The maximum Gasteiger partial charge on any atom is 0.120 e. The van der Waals surface area contributed by atoms with E-state index in [1.807, 2.05) is 12.4 Å². The lowest BCUT2D eigenvalue weighted by molar-refractivity contribution is 0.313. The third-order valence-electron chi connectivity index (χ3n) is 9.29. The Kier molecular flexibility index (Phi) is 7.90. The van der Waals surface area contributed by atoms with E-state index in [1.54, 1.807) is 0 Å². The van der Waals surface area contributed by atoms with Gasteiger partial charge in [-0.1, -0.05) is 88.1 Å². The minimum atomic E-state index is 0.454. The van der Waals surface area contributed by atoms with Crippen molar-refractivity contribution in [1.29, 1.82) is 0 Å². The number of aromatic amines is 2. The van der Waals surface area contributed by atoms with Gasteiger partial charge in [-0.3, -0.25) is 0 Å². The van der Waals surface area contributed by atoms with E-state index in [0.717, 1.165) is 60.3 Å². The van der Waals surface area contributed by atoms with Gasteiger partial charge in [-0.2, -0.15) is 0 Å². The summed E-state index contributed by atoms with van der Waals surface area (Å²) in [6.07, 6.45) is 14.7. The minimum Gasteiger partial charge on any atom is -0.341 e. The van der Waals surface area contributed by atoms with Gasteiger partial charge in [0.25, 0.3) is 0 Å². The van der Waals surface area contributed by atoms with E-state index in [0.29, 0.717) is 10.8 Å². The molecule has 0 amide bonds. The highest BCUT2D eigenvalue weighted by Crippen LogP contribution is 2.37. The second-order valence-electron chi connectivity index (χ2n) is 12.9. The lowest BCUT2D eigenvalue weighted by Crippen LogP contribution is -2.29. The Labute approximate surface area is 238 Å². The normalized spacial score (nSPS) is 17.9. The fourth-order valence-corrected chi connectivity index (χ4v) is 6.66. The zero-order chi connectivity index (χ0) is 27.4. The van der Waals surface area contributed by atoms with Gasteiger partial charge < -0.3 is 20.6 Å². The Morgan fingerprint density at radius 2 is 0.925 bits per heavy atom. The van der Waals surface area contributed by atoms with Crippen molar-refractivity contribution in [1.82, 2.24) is 30.6 Å². The Hall–Kier alpha value is -3.22. The molecular formula is C34H44N6. The van der Waals surface area contributed by atoms with Crippen molar-refractivity contribution in [3.05, 3.63) is 72.6 Å². The van der Waals surface area contributed by atoms with Crippen molar-refractivity contribution in [2.45, 2.75) is 78.3 Å². The molecule has 0 saturated heterocycles. The summed E-state index contributed by atoms with van der Waals surface area (Å²) < 4.78 is 0. The van der Waals surface area contributed by atoms with Gasteiger partial charge in [-0.25, -0.2) is 9.97 Å². The topological polar surface area (TPSA) is 81.4 Å². The number of hydrogen-bond acceptors (Lipinski definition) is 4. The molecule has 4 aromatic rings. The van der Waals surface area contributed by atoms with Gasteiger partial charge in [0.1, 0.15) is 11.6 Å². The van der Waals surface area contributed by atoms with E-state index < -0.39 is 0 Å². The molecule has 6 rings (SSSR count). The van der Waals surface area contributed by atoms with E-state index in [9.17, 15) is 0 Å². The second-order valence-corrected chi connectivity index (χ2v) is 12.9. The van der Waals surface area contributed by atoms with E-state index in [2.05, 4.69) is 92.9 Å². The Balaban J connectivity index is 1.02. The molecule has 2 saturated carbocycles. The molecule has 6 nitrogen and oxygen atoms in total. The number of H-pyrrole nitrogens is 2. The summed E-state index contributed by atoms with van der Waals surface area (Å²) in [5.74, 6) is 1.99.